The molecule has 0 unspecified atom stereocenters. The number of esters is 1. The van der Waals surface area contributed by atoms with Gasteiger partial charge in [0.1, 0.15) is 0 Å². The largest absolute Gasteiger partial charge is 0.493 e. The summed E-state index contributed by atoms with van der Waals surface area (Å²) in [6, 6.07) is 12.1. The van der Waals surface area contributed by atoms with Crippen molar-refractivity contribution < 1.29 is 23.8 Å². The first kappa shape index (κ1) is 19.3. The van der Waals surface area contributed by atoms with Crippen LogP contribution in [0.5, 0.6) is 11.5 Å². The zero-order valence-corrected chi connectivity index (χ0v) is 15.4. The smallest absolute Gasteiger partial charge is 0.338 e. The van der Waals surface area contributed by atoms with Crippen molar-refractivity contribution in [2.75, 3.05) is 19.0 Å². The molecule has 0 spiro atoms. The van der Waals surface area contributed by atoms with Gasteiger partial charge in [-0.1, -0.05) is 12.1 Å². The fourth-order valence-electron chi connectivity index (χ4n) is 2.34. The highest BCUT2D eigenvalue weighted by Gasteiger charge is 2.18. The summed E-state index contributed by atoms with van der Waals surface area (Å²) in [6.07, 6.45) is -0.726. The van der Waals surface area contributed by atoms with Crippen molar-refractivity contribution in [2.24, 2.45) is 0 Å². The molecule has 2 aromatic carbocycles. The van der Waals surface area contributed by atoms with Crippen LogP contribution in [0.1, 0.15) is 29.8 Å². The maximum Gasteiger partial charge on any atom is 0.338 e. The highest BCUT2D eigenvalue weighted by Crippen LogP contribution is 2.27. The van der Waals surface area contributed by atoms with E-state index in [0.717, 1.165) is 5.56 Å². The number of carbonyl (C=O) groups excluding carboxylic acids is 2. The number of anilines is 1. The van der Waals surface area contributed by atoms with E-state index < -0.39 is 6.10 Å². The van der Waals surface area contributed by atoms with Gasteiger partial charge < -0.3 is 19.5 Å². The summed E-state index contributed by atoms with van der Waals surface area (Å²) in [5.74, 6) is 0.360. The molecule has 0 fully saturated rings. The Balaban J connectivity index is 2.05. The van der Waals surface area contributed by atoms with Crippen molar-refractivity contribution >= 4 is 17.6 Å². The summed E-state index contributed by atoms with van der Waals surface area (Å²) in [5, 5.41) is 2.81. The van der Waals surface area contributed by atoms with Crippen LogP contribution in [0.2, 0.25) is 0 Å². The molecule has 0 radical (unpaired) electrons. The third kappa shape index (κ3) is 4.75. The third-order valence-electron chi connectivity index (χ3n) is 3.74. The van der Waals surface area contributed by atoms with Crippen molar-refractivity contribution in [2.45, 2.75) is 26.9 Å². The minimum absolute atomic E-state index is 0.303. The Kier molecular flexibility index (Phi) is 6.60. The van der Waals surface area contributed by atoms with Crippen LogP contribution in [0.3, 0.4) is 0 Å². The minimum atomic E-state index is -0.726. The minimum Gasteiger partial charge on any atom is -0.493 e. The first-order chi connectivity index (χ1) is 12.5. The number of aryl methyl sites for hydroxylation is 1. The van der Waals surface area contributed by atoms with Crippen LogP contribution in [0.4, 0.5) is 5.69 Å². The molecule has 1 amide bonds. The lowest BCUT2D eigenvalue weighted by Crippen LogP contribution is -2.30. The van der Waals surface area contributed by atoms with Gasteiger partial charge >= 0.3 is 5.97 Å². The Labute approximate surface area is 153 Å². The molecule has 0 saturated heterocycles. The van der Waals surface area contributed by atoms with E-state index in [-0.39, 0.29) is 11.9 Å². The van der Waals surface area contributed by atoms with E-state index in [4.69, 9.17) is 14.2 Å². The van der Waals surface area contributed by atoms with Crippen LogP contribution < -0.4 is 14.8 Å². The molecule has 1 N–H and O–H groups in total. The monoisotopic (exact) mass is 357 g/mol. The van der Waals surface area contributed by atoms with Gasteiger partial charge in [0.15, 0.2) is 17.6 Å². The van der Waals surface area contributed by atoms with Gasteiger partial charge in [0.05, 0.1) is 19.3 Å². The van der Waals surface area contributed by atoms with Gasteiger partial charge in [-0.3, -0.25) is 4.79 Å². The zero-order chi connectivity index (χ0) is 19.1. The number of methoxy groups -OCH3 is 1. The average Bonchev–Trinajstić information content (AvgIpc) is 2.63. The predicted octanol–water partition coefficient (Wildman–Crippen LogP) is 3.59. The number of carbonyl (C=O) groups is 2. The van der Waals surface area contributed by atoms with Gasteiger partial charge in [-0.05, 0) is 56.7 Å². The lowest BCUT2D eigenvalue weighted by molar-refractivity contribution is -0.122. The molecule has 0 bridgehead atoms. The molecule has 0 heterocycles. The molecule has 6 nitrogen and oxygen atoms in total. The quantitative estimate of drug-likeness (QED) is 0.767. The second kappa shape index (κ2) is 8.89. The predicted molar refractivity (Wildman–Crippen MR) is 98.8 cm³/mol. The summed E-state index contributed by atoms with van der Waals surface area (Å²) < 4.78 is 15.9. The van der Waals surface area contributed by atoms with E-state index in [2.05, 4.69) is 5.32 Å². The fourth-order valence-corrected chi connectivity index (χ4v) is 2.34. The summed E-state index contributed by atoms with van der Waals surface area (Å²) in [7, 11) is 1.54. The van der Waals surface area contributed by atoms with Crippen LogP contribution in [0.25, 0.3) is 0 Å². The maximum atomic E-state index is 12.4. The molecule has 0 aliphatic rings. The van der Waals surface area contributed by atoms with Gasteiger partial charge in [0.2, 0.25) is 0 Å². The molecular formula is C20H23NO5. The van der Waals surface area contributed by atoms with Crippen molar-refractivity contribution in [3.8, 4) is 11.5 Å². The van der Waals surface area contributed by atoms with E-state index in [1.54, 1.807) is 57.4 Å². The summed E-state index contributed by atoms with van der Waals surface area (Å²) in [6.45, 7) is 5.53. The van der Waals surface area contributed by atoms with Gasteiger partial charge in [-0.25, -0.2) is 4.79 Å². The zero-order valence-electron chi connectivity index (χ0n) is 15.4. The van der Waals surface area contributed by atoms with Crippen LogP contribution in [0.15, 0.2) is 42.5 Å². The highest BCUT2D eigenvalue weighted by molar-refractivity contribution is 5.96. The topological polar surface area (TPSA) is 73.9 Å². The first-order valence-electron chi connectivity index (χ1n) is 8.34. The molecule has 0 aliphatic heterocycles. The molecule has 1 atom stereocenters. The first-order valence-corrected chi connectivity index (χ1v) is 8.34. The van der Waals surface area contributed by atoms with Gasteiger partial charge in [0.25, 0.3) is 5.91 Å². The number of benzene rings is 2. The molecule has 2 aromatic rings. The molecule has 0 aliphatic carbocycles. The molecule has 0 aromatic heterocycles. The van der Waals surface area contributed by atoms with Crippen molar-refractivity contribution in [1.29, 1.82) is 0 Å². The van der Waals surface area contributed by atoms with Crippen molar-refractivity contribution in [1.82, 2.24) is 0 Å². The lowest BCUT2D eigenvalue weighted by atomic mass is 10.1. The van der Waals surface area contributed by atoms with E-state index in [1.807, 2.05) is 13.0 Å². The molecule has 138 valence electrons. The normalized spacial score (nSPS) is 11.4. The summed E-state index contributed by atoms with van der Waals surface area (Å²) in [4.78, 5) is 24.2. The van der Waals surface area contributed by atoms with Crippen LogP contribution in [-0.4, -0.2) is 31.7 Å². The Morgan fingerprint density at radius 3 is 2.42 bits per heavy atom. The Morgan fingerprint density at radius 1 is 1.12 bits per heavy atom. The fraction of sp³-hybridized carbons (Fsp3) is 0.300. The average molecular weight is 357 g/mol. The highest BCUT2D eigenvalue weighted by atomic mass is 16.5. The summed E-state index contributed by atoms with van der Waals surface area (Å²) >= 11 is 0. The second-order valence-electron chi connectivity index (χ2n) is 5.65. The van der Waals surface area contributed by atoms with Crippen molar-refractivity contribution in [3.05, 3.63) is 53.6 Å². The maximum absolute atomic E-state index is 12.4. The van der Waals surface area contributed by atoms with Gasteiger partial charge in [-0.15, -0.1) is 0 Å². The van der Waals surface area contributed by atoms with Gasteiger partial charge in [-0.2, -0.15) is 0 Å². The Bertz CT molecular complexity index is 788. The van der Waals surface area contributed by atoms with Crippen LogP contribution >= 0.6 is 0 Å². The molecule has 6 heteroatoms. The SMILES string of the molecule is CCOC(=O)c1ccc(NC(=O)[C@H](C)Oc2ccccc2OC)c(C)c1. The number of rotatable bonds is 7. The van der Waals surface area contributed by atoms with Crippen LogP contribution in [-0.2, 0) is 9.53 Å². The number of amides is 1. The third-order valence-corrected chi connectivity index (χ3v) is 3.74. The number of para-hydroxylation sites is 2. The molecular weight excluding hydrogens is 334 g/mol. The Morgan fingerprint density at radius 2 is 1.81 bits per heavy atom. The number of nitrogens with one attached hydrogen (secondary N) is 1. The molecule has 2 rings (SSSR count). The second-order valence-corrected chi connectivity index (χ2v) is 5.65. The number of ether oxygens (including phenoxy) is 3. The van der Waals surface area contributed by atoms with Gasteiger partial charge in [0, 0.05) is 5.69 Å². The van der Waals surface area contributed by atoms with E-state index in [1.165, 1.54) is 0 Å². The standard InChI is InChI=1S/C20H23NO5/c1-5-25-20(23)15-10-11-16(13(2)12-15)21-19(22)14(3)26-18-9-7-6-8-17(18)24-4/h6-12,14H,5H2,1-4H3,(H,21,22)/t14-/m0/s1. The summed E-state index contributed by atoms with van der Waals surface area (Å²) in [5.41, 5.74) is 1.81. The van der Waals surface area contributed by atoms with E-state index in [0.29, 0.717) is 29.4 Å². The Hall–Kier alpha value is -3.02. The van der Waals surface area contributed by atoms with E-state index >= 15 is 0 Å². The van der Waals surface area contributed by atoms with Crippen molar-refractivity contribution in [3.63, 3.8) is 0 Å². The molecule has 26 heavy (non-hydrogen) atoms. The molecule has 0 saturated carbocycles. The lowest BCUT2D eigenvalue weighted by Gasteiger charge is -2.17. The number of hydrogen-bond acceptors (Lipinski definition) is 5. The van der Waals surface area contributed by atoms with E-state index in [9.17, 15) is 9.59 Å². The van der Waals surface area contributed by atoms with Crippen LogP contribution in [0, 0.1) is 6.92 Å². The number of hydrogen-bond donors (Lipinski definition) is 1.